The van der Waals surface area contributed by atoms with E-state index in [9.17, 15) is 14.4 Å². The lowest BCUT2D eigenvalue weighted by molar-refractivity contribution is -0.117. The van der Waals surface area contributed by atoms with Crippen LogP contribution in [0.15, 0.2) is 42.5 Å². The highest BCUT2D eigenvalue weighted by atomic mass is 35.5. The van der Waals surface area contributed by atoms with Crippen LogP contribution in [-0.4, -0.2) is 49.8 Å². The number of hydrogen-bond donors (Lipinski definition) is 2. The number of hydrogen-bond acceptors (Lipinski definition) is 4. The standard InChI is InChI=1S/C22H25ClN4O3/c1-26(2)14-20(28)25-17-6-3-5-15(11-17)13-24-22(30)18-9-8-16(23)12-19(18)27-10-4-7-21(27)29/h3,5-6,8-9,11-12H,4,7,10,13-14H2,1-2H3,(H,24,30)(H,25,28). The maximum atomic E-state index is 12.8. The molecule has 1 saturated heterocycles. The molecule has 0 bridgehead atoms. The van der Waals surface area contributed by atoms with E-state index >= 15 is 0 Å². The highest BCUT2D eigenvalue weighted by molar-refractivity contribution is 6.31. The highest BCUT2D eigenvalue weighted by Gasteiger charge is 2.26. The molecule has 0 atom stereocenters. The van der Waals surface area contributed by atoms with Crippen LogP contribution in [0.2, 0.25) is 5.02 Å². The summed E-state index contributed by atoms with van der Waals surface area (Å²) >= 11 is 6.10. The minimum atomic E-state index is -0.289. The molecule has 7 nitrogen and oxygen atoms in total. The predicted molar refractivity (Wildman–Crippen MR) is 118 cm³/mol. The molecular formula is C22H25ClN4O3. The maximum Gasteiger partial charge on any atom is 0.253 e. The fourth-order valence-corrected chi connectivity index (χ4v) is 3.51. The molecule has 1 fully saturated rings. The second-order valence-electron chi connectivity index (χ2n) is 7.48. The Bertz CT molecular complexity index is 961. The summed E-state index contributed by atoms with van der Waals surface area (Å²) in [6.45, 7) is 1.15. The van der Waals surface area contributed by atoms with Crippen LogP contribution in [0.4, 0.5) is 11.4 Å². The zero-order chi connectivity index (χ0) is 21.7. The summed E-state index contributed by atoms with van der Waals surface area (Å²) in [4.78, 5) is 40.3. The summed E-state index contributed by atoms with van der Waals surface area (Å²) in [6.07, 6.45) is 1.23. The van der Waals surface area contributed by atoms with E-state index in [-0.39, 0.29) is 30.8 Å². The Balaban J connectivity index is 1.68. The molecule has 30 heavy (non-hydrogen) atoms. The predicted octanol–water partition coefficient (Wildman–Crippen LogP) is 2.90. The Morgan fingerprint density at radius 3 is 2.67 bits per heavy atom. The molecule has 0 saturated carbocycles. The molecule has 1 aliphatic heterocycles. The number of carbonyl (C=O) groups excluding carboxylic acids is 3. The van der Waals surface area contributed by atoms with Crippen molar-refractivity contribution in [1.82, 2.24) is 10.2 Å². The van der Waals surface area contributed by atoms with Gasteiger partial charge in [-0.25, -0.2) is 0 Å². The van der Waals surface area contributed by atoms with Crippen molar-refractivity contribution in [3.8, 4) is 0 Å². The van der Waals surface area contributed by atoms with Gasteiger partial charge in [-0.3, -0.25) is 14.4 Å². The molecule has 0 aromatic heterocycles. The molecule has 2 aromatic carbocycles. The zero-order valence-electron chi connectivity index (χ0n) is 17.1. The number of nitrogens with zero attached hydrogens (tertiary/aromatic N) is 2. The number of likely N-dealkylation sites (N-methyl/N-ethyl adjacent to an activating group) is 1. The Morgan fingerprint density at radius 1 is 1.17 bits per heavy atom. The number of rotatable bonds is 7. The van der Waals surface area contributed by atoms with E-state index < -0.39 is 0 Å². The van der Waals surface area contributed by atoms with Gasteiger partial charge in [0, 0.05) is 30.2 Å². The van der Waals surface area contributed by atoms with Crippen molar-refractivity contribution in [2.45, 2.75) is 19.4 Å². The van der Waals surface area contributed by atoms with E-state index in [4.69, 9.17) is 11.6 Å². The quantitative estimate of drug-likeness (QED) is 0.710. The second kappa shape index (κ2) is 9.73. The molecule has 3 amide bonds. The van der Waals surface area contributed by atoms with Gasteiger partial charge in [-0.15, -0.1) is 0 Å². The van der Waals surface area contributed by atoms with Crippen molar-refractivity contribution in [3.63, 3.8) is 0 Å². The van der Waals surface area contributed by atoms with Crippen molar-refractivity contribution >= 4 is 40.7 Å². The van der Waals surface area contributed by atoms with Gasteiger partial charge in [0.1, 0.15) is 0 Å². The minimum absolute atomic E-state index is 0.00696. The third-order valence-electron chi connectivity index (χ3n) is 4.69. The molecule has 1 aliphatic rings. The van der Waals surface area contributed by atoms with Crippen LogP contribution >= 0.6 is 11.6 Å². The Morgan fingerprint density at radius 2 is 1.97 bits per heavy atom. The SMILES string of the molecule is CN(C)CC(=O)Nc1cccc(CNC(=O)c2ccc(Cl)cc2N2CCCC2=O)c1. The number of benzene rings is 2. The first-order valence-electron chi connectivity index (χ1n) is 9.75. The van der Waals surface area contributed by atoms with Crippen molar-refractivity contribution < 1.29 is 14.4 Å². The van der Waals surface area contributed by atoms with Crippen LogP contribution in [0.1, 0.15) is 28.8 Å². The van der Waals surface area contributed by atoms with E-state index in [0.717, 1.165) is 12.0 Å². The van der Waals surface area contributed by atoms with Crippen molar-refractivity contribution in [1.29, 1.82) is 0 Å². The minimum Gasteiger partial charge on any atom is -0.348 e. The fraction of sp³-hybridized carbons (Fsp3) is 0.318. The topological polar surface area (TPSA) is 81.8 Å². The van der Waals surface area contributed by atoms with Gasteiger partial charge in [0.15, 0.2) is 0 Å². The van der Waals surface area contributed by atoms with Crippen LogP contribution in [0.25, 0.3) is 0 Å². The van der Waals surface area contributed by atoms with Crippen molar-refractivity contribution in [2.75, 3.05) is 37.4 Å². The largest absolute Gasteiger partial charge is 0.348 e. The molecule has 0 radical (unpaired) electrons. The molecule has 0 spiro atoms. The summed E-state index contributed by atoms with van der Waals surface area (Å²) in [5, 5.41) is 6.20. The van der Waals surface area contributed by atoms with Gasteiger partial charge < -0.3 is 20.4 Å². The van der Waals surface area contributed by atoms with E-state index in [1.165, 1.54) is 0 Å². The third-order valence-corrected chi connectivity index (χ3v) is 4.93. The lowest BCUT2D eigenvalue weighted by Gasteiger charge is -2.20. The fourth-order valence-electron chi connectivity index (χ4n) is 3.35. The van der Waals surface area contributed by atoms with E-state index in [1.807, 2.05) is 32.3 Å². The average molecular weight is 429 g/mol. The smallest absolute Gasteiger partial charge is 0.253 e. The lowest BCUT2D eigenvalue weighted by Crippen LogP contribution is -2.29. The number of anilines is 2. The molecule has 2 N–H and O–H groups in total. The van der Waals surface area contributed by atoms with E-state index in [1.54, 1.807) is 34.1 Å². The van der Waals surface area contributed by atoms with Crippen LogP contribution in [0.5, 0.6) is 0 Å². The van der Waals surface area contributed by atoms with E-state index in [0.29, 0.717) is 34.9 Å². The number of amides is 3. The van der Waals surface area contributed by atoms with Crippen molar-refractivity contribution in [3.05, 3.63) is 58.6 Å². The first-order chi connectivity index (χ1) is 14.3. The van der Waals surface area contributed by atoms with Gasteiger partial charge in [0.2, 0.25) is 11.8 Å². The molecule has 0 unspecified atom stereocenters. The number of carbonyl (C=O) groups is 3. The van der Waals surface area contributed by atoms with Crippen LogP contribution < -0.4 is 15.5 Å². The lowest BCUT2D eigenvalue weighted by atomic mass is 10.1. The Kier molecular flexibility index (Phi) is 7.07. The number of halogens is 1. The van der Waals surface area contributed by atoms with Gasteiger partial charge in [-0.05, 0) is 56.4 Å². The molecule has 2 aromatic rings. The summed E-state index contributed by atoms with van der Waals surface area (Å²) < 4.78 is 0. The second-order valence-corrected chi connectivity index (χ2v) is 7.92. The molecule has 158 valence electrons. The zero-order valence-corrected chi connectivity index (χ0v) is 17.8. The monoisotopic (exact) mass is 428 g/mol. The Labute approximate surface area is 181 Å². The van der Waals surface area contributed by atoms with Crippen LogP contribution in [-0.2, 0) is 16.1 Å². The highest BCUT2D eigenvalue weighted by Crippen LogP contribution is 2.28. The maximum absolute atomic E-state index is 12.8. The van der Waals surface area contributed by atoms with E-state index in [2.05, 4.69) is 10.6 Å². The molecular weight excluding hydrogens is 404 g/mol. The Hall–Kier alpha value is -2.90. The first-order valence-corrected chi connectivity index (χ1v) is 10.1. The van der Waals surface area contributed by atoms with Gasteiger partial charge in [0.25, 0.3) is 5.91 Å². The third kappa shape index (κ3) is 5.58. The molecule has 3 rings (SSSR count). The van der Waals surface area contributed by atoms with Gasteiger partial charge in [-0.2, -0.15) is 0 Å². The molecule has 0 aliphatic carbocycles. The first kappa shape index (κ1) is 21.8. The summed E-state index contributed by atoms with van der Waals surface area (Å²) in [5.41, 5.74) is 2.46. The summed E-state index contributed by atoms with van der Waals surface area (Å²) in [5.74, 6) is -0.404. The van der Waals surface area contributed by atoms with Gasteiger partial charge >= 0.3 is 0 Å². The van der Waals surface area contributed by atoms with Crippen LogP contribution in [0, 0.1) is 0 Å². The summed E-state index contributed by atoms with van der Waals surface area (Å²) in [6, 6.07) is 12.2. The summed E-state index contributed by atoms with van der Waals surface area (Å²) in [7, 11) is 3.65. The average Bonchev–Trinajstić information content (AvgIpc) is 3.11. The molecule has 1 heterocycles. The van der Waals surface area contributed by atoms with Crippen LogP contribution in [0.3, 0.4) is 0 Å². The van der Waals surface area contributed by atoms with Gasteiger partial charge in [0.05, 0.1) is 17.8 Å². The van der Waals surface area contributed by atoms with Crippen molar-refractivity contribution in [2.24, 2.45) is 0 Å². The number of nitrogens with one attached hydrogen (secondary N) is 2. The molecule has 8 heteroatoms. The van der Waals surface area contributed by atoms with Gasteiger partial charge in [-0.1, -0.05) is 23.7 Å². The normalized spacial score (nSPS) is 13.6.